The van der Waals surface area contributed by atoms with Gasteiger partial charge in [-0.15, -0.1) is 0 Å². The summed E-state index contributed by atoms with van der Waals surface area (Å²) in [6.45, 7) is 2.81. The van der Waals surface area contributed by atoms with Crippen LogP contribution in [0, 0.1) is 0 Å². The van der Waals surface area contributed by atoms with Crippen molar-refractivity contribution >= 4 is 12.0 Å². The minimum absolute atomic E-state index is 0.0595. The maximum atomic E-state index is 11.8. The fraction of sp³-hybridized carbons (Fsp3) is 0.500. The highest BCUT2D eigenvalue weighted by atomic mass is 16.5. The lowest BCUT2D eigenvalue weighted by atomic mass is 10.1. The molecular weight excluding hydrogens is 274 g/mol. The van der Waals surface area contributed by atoms with Crippen LogP contribution < -0.4 is 10.6 Å². The lowest BCUT2D eigenvalue weighted by Crippen LogP contribution is -2.45. The molecule has 1 saturated heterocycles. The van der Waals surface area contributed by atoms with Crippen LogP contribution in [0.15, 0.2) is 18.3 Å². The molecule has 1 aromatic heterocycles. The second kappa shape index (κ2) is 7.03. The van der Waals surface area contributed by atoms with Crippen LogP contribution in [0.3, 0.4) is 0 Å². The molecule has 21 heavy (non-hydrogen) atoms. The molecule has 3 N–H and O–H groups in total. The summed E-state index contributed by atoms with van der Waals surface area (Å²) in [5.74, 6) is -1.02. The molecule has 7 nitrogen and oxygen atoms in total. The average molecular weight is 293 g/mol. The van der Waals surface area contributed by atoms with Crippen LogP contribution in [-0.4, -0.2) is 40.8 Å². The van der Waals surface area contributed by atoms with Crippen LogP contribution in [0.1, 0.15) is 35.8 Å². The average Bonchev–Trinajstić information content (AvgIpc) is 2.99. The molecule has 0 radical (unpaired) electrons. The molecule has 2 amide bonds. The van der Waals surface area contributed by atoms with Crippen molar-refractivity contribution in [2.24, 2.45) is 0 Å². The standard InChI is InChI=1S/C14H19N3O4/c1-9(12-3-2-6-21-12)17-14(20)16-8-11-7-10(13(18)19)4-5-15-11/h4-5,7,9,12H,2-3,6,8H2,1H3,(H,18,19)(H2,16,17,20). The lowest BCUT2D eigenvalue weighted by Gasteiger charge is -2.20. The molecule has 2 atom stereocenters. The SMILES string of the molecule is CC(NC(=O)NCc1cc(C(=O)O)ccn1)C1CCCO1. The Kier molecular flexibility index (Phi) is 5.10. The van der Waals surface area contributed by atoms with E-state index in [2.05, 4.69) is 15.6 Å². The third-order valence-corrected chi connectivity index (χ3v) is 3.37. The zero-order valence-corrected chi connectivity index (χ0v) is 11.8. The Hall–Kier alpha value is -2.15. The molecule has 2 rings (SSSR count). The molecular formula is C14H19N3O4. The van der Waals surface area contributed by atoms with Gasteiger partial charge in [-0.1, -0.05) is 0 Å². The Balaban J connectivity index is 1.80. The number of nitrogens with one attached hydrogen (secondary N) is 2. The summed E-state index contributed by atoms with van der Waals surface area (Å²) in [5, 5.41) is 14.4. The predicted molar refractivity (Wildman–Crippen MR) is 75.0 cm³/mol. The summed E-state index contributed by atoms with van der Waals surface area (Å²) in [6.07, 6.45) is 3.44. The van der Waals surface area contributed by atoms with Crippen molar-refractivity contribution in [2.75, 3.05) is 6.61 Å². The molecule has 1 aliphatic heterocycles. The number of carboxylic acid groups (broad SMARTS) is 1. The Morgan fingerprint density at radius 1 is 1.57 bits per heavy atom. The molecule has 0 spiro atoms. The van der Waals surface area contributed by atoms with Gasteiger partial charge in [0.1, 0.15) is 0 Å². The van der Waals surface area contributed by atoms with Gasteiger partial charge in [0.2, 0.25) is 0 Å². The number of carbonyl (C=O) groups excluding carboxylic acids is 1. The van der Waals surface area contributed by atoms with Crippen molar-refractivity contribution in [1.82, 2.24) is 15.6 Å². The minimum Gasteiger partial charge on any atom is -0.478 e. The summed E-state index contributed by atoms with van der Waals surface area (Å²) in [4.78, 5) is 26.6. The molecule has 1 fully saturated rings. The Labute approximate surface area is 122 Å². The summed E-state index contributed by atoms with van der Waals surface area (Å²) in [7, 11) is 0. The van der Waals surface area contributed by atoms with E-state index in [9.17, 15) is 9.59 Å². The molecule has 7 heteroatoms. The number of rotatable bonds is 5. The first kappa shape index (κ1) is 15.2. The smallest absolute Gasteiger partial charge is 0.335 e. The number of carboxylic acids is 1. The molecule has 0 aliphatic carbocycles. The Morgan fingerprint density at radius 2 is 2.38 bits per heavy atom. The van der Waals surface area contributed by atoms with Crippen LogP contribution in [0.4, 0.5) is 4.79 Å². The zero-order chi connectivity index (χ0) is 15.2. The largest absolute Gasteiger partial charge is 0.478 e. The van der Waals surface area contributed by atoms with Gasteiger partial charge < -0.3 is 20.5 Å². The topological polar surface area (TPSA) is 101 Å². The summed E-state index contributed by atoms with van der Waals surface area (Å²) >= 11 is 0. The van der Waals surface area contributed by atoms with Gasteiger partial charge in [-0.05, 0) is 31.9 Å². The van der Waals surface area contributed by atoms with Crippen LogP contribution in [-0.2, 0) is 11.3 Å². The van der Waals surface area contributed by atoms with E-state index in [0.717, 1.165) is 19.4 Å². The number of urea groups is 1. The number of pyridine rings is 1. The van der Waals surface area contributed by atoms with E-state index >= 15 is 0 Å². The van der Waals surface area contributed by atoms with Crippen LogP contribution in [0.2, 0.25) is 0 Å². The highest BCUT2D eigenvalue weighted by molar-refractivity contribution is 5.87. The quantitative estimate of drug-likeness (QED) is 0.756. The normalized spacial score (nSPS) is 19.0. The molecule has 2 unspecified atom stereocenters. The van der Waals surface area contributed by atoms with Gasteiger partial charge in [-0.25, -0.2) is 9.59 Å². The third-order valence-electron chi connectivity index (χ3n) is 3.37. The number of carbonyl (C=O) groups is 2. The molecule has 0 bridgehead atoms. The monoisotopic (exact) mass is 293 g/mol. The predicted octanol–water partition coefficient (Wildman–Crippen LogP) is 1.15. The van der Waals surface area contributed by atoms with Crippen molar-refractivity contribution in [3.63, 3.8) is 0 Å². The van der Waals surface area contributed by atoms with E-state index in [1.165, 1.54) is 18.3 Å². The van der Waals surface area contributed by atoms with E-state index in [4.69, 9.17) is 9.84 Å². The Morgan fingerprint density at radius 3 is 3.05 bits per heavy atom. The molecule has 1 aromatic rings. The second-order valence-corrected chi connectivity index (χ2v) is 5.01. The third kappa shape index (κ3) is 4.42. The van der Waals surface area contributed by atoms with Crippen molar-refractivity contribution in [3.05, 3.63) is 29.6 Å². The van der Waals surface area contributed by atoms with E-state index in [1.54, 1.807) is 0 Å². The van der Waals surface area contributed by atoms with Gasteiger partial charge >= 0.3 is 12.0 Å². The first-order valence-electron chi connectivity index (χ1n) is 6.90. The number of hydrogen-bond acceptors (Lipinski definition) is 4. The van der Waals surface area contributed by atoms with Gasteiger partial charge in [0.05, 0.1) is 29.9 Å². The van der Waals surface area contributed by atoms with Gasteiger partial charge in [-0.3, -0.25) is 4.98 Å². The number of aromatic carboxylic acids is 1. The highest BCUT2D eigenvalue weighted by Gasteiger charge is 2.23. The summed E-state index contributed by atoms with van der Waals surface area (Å²) in [6, 6.07) is 2.46. The van der Waals surface area contributed by atoms with E-state index < -0.39 is 5.97 Å². The fourth-order valence-corrected chi connectivity index (χ4v) is 2.23. The van der Waals surface area contributed by atoms with Crippen LogP contribution in [0.25, 0.3) is 0 Å². The second-order valence-electron chi connectivity index (χ2n) is 5.01. The van der Waals surface area contributed by atoms with Gasteiger partial charge in [0.25, 0.3) is 0 Å². The van der Waals surface area contributed by atoms with Crippen LogP contribution in [0.5, 0.6) is 0 Å². The molecule has 114 valence electrons. The van der Waals surface area contributed by atoms with E-state index in [-0.39, 0.29) is 30.3 Å². The zero-order valence-electron chi connectivity index (χ0n) is 11.8. The summed E-state index contributed by atoms with van der Waals surface area (Å²) in [5.41, 5.74) is 0.643. The van der Waals surface area contributed by atoms with Gasteiger partial charge in [-0.2, -0.15) is 0 Å². The first-order chi connectivity index (χ1) is 10.1. The number of ether oxygens (including phenoxy) is 1. The molecule has 0 aromatic carbocycles. The van der Waals surface area contributed by atoms with Crippen LogP contribution >= 0.6 is 0 Å². The summed E-state index contributed by atoms with van der Waals surface area (Å²) < 4.78 is 5.50. The maximum absolute atomic E-state index is 11.8. The molecule has 1 aliphatic rings. The lowest BCUT2D eigenvalue weighted by molar-refractivity contribution is 0.0696. The number of nitrogens with zero attached hydrogens (tertiary/aromatic N) is 1. The van der Waals surface area contributed by atoms with Gasteiger partial charge in [0.15, 0.2) is 0 Å². The minimum atomic E-state index is -1.02. The van der Waals surface area contributed by atoms with Crippen molar-refractivity contribution < 1.29 is 19.4 Å². The number of aromatic nitrogens is 1. The maximum Gasteiger partial charge on any atom is 0.335 e. The highest BCUT2D eigenvalue weighted by Crippen LogP contribution is 2.15. The molecule has 2 heterocycles. The fourth-order valence-electron chi connectivity index (χ4n) is 2.23. The number of amides is 2. The number of hydrogen-bond donors (Lipinski definition) is 3. The van der Waals surface area contributed by atoms with Crippen molar-refractivity contribution in [3.8, 4) is 0 Å². The molecule has 0 saturated carbocycles. The first-order valence-corrected chi connectivity index (χ1v) is 6.90. The van der Waals surface area contributed by atoms with E-state index in [0.29, 0.717) is 5.69 Å². The van der Waals surface area contributed by atoms with E-state index in [1.807, 2.05) is 6.92 Å². The van der Waals surface area contributed by atoms with Crippen molar-refractivity contribution in [1.29, 1.82) is 0 Å². The van der Waals surface area contributed by atoms with Gasteiger partial charge in [0, 0.05) is 12.8 Å². The van der Waals surface area contributed by atoms with Crippen molar-refractivity contribution in [2.45, 2.75) is 38.5 Å². The Bertz CT molecular complexity index is 515.